The van der Waals surface area contributed by atoms with Crippen LogP contribution in [0.15, 0.2) is 53.4 Å². The molecule has 6 heteroatoms. The van der Waals surface area contributed by atoms with Crippen molar-refractivity contribution < 1.29 is 13.2 Å². The summed E-state index contributed by atoms with van der Waals surface area (Å²) in [6.45, 7) is 1.43. The number of sulfonamides is 1. The van der Waals surface area contributed by atoms with Gasteiger partial charge in [-0.05, 0) is 23.8 Å². The number of benzene rings is 2. The number of nitrogens with one attached hydrogen (secondary N) is 1. The molecular formula is C14H14N2O3S. The maximum Gasteiger partial charge on any atom is 0.238 e. The Morgan fingerprint density at radius 1 is 1.05 bits per heavy atom. The van der Waals surface area contributed by atoms with E-state index in [-0.39, 0.29) is 10.8 Å². The van der Waals surface area contributed by atoms with Gasteiger partial charge in [0.2, 0.25) is 15.9 Å². The Kier molecular flexibility index (Phi) is 3.87. The minimum atomic E-state index is -3.70. The largest absolute Gasteiger partial charge is 0.326 e. The summed E-state index contributed by atoms with van der Waals surface area (Å²) in [4.78, 5) is 11.2. The lowest BCUT2D eigenvalue weighted by molar-refractivity contribution is -0.114. The molecule has 0 spiro atoms. The molecule has 0 saturated heterocycles. The van der Waals surface area contributed by atoms with Gasteiger partial charge in [0, 0.05) is 18.2 Å². The number of hydrogen-bond donors (Lipinski definition) is 2. The lowest BCUT2D eigenvalue weighted by Gasteiger charge is -2.10. The SMILES string of the molecule is CC(=O)Nc1ccccc1-c1ccc(S(N)(=O)=O)cc1. The van der Waals surface area contributed by atoms with Crippen molar-refractivity contribution in [3.05, 3.63) is 48.5 Å². The van der Waals surface area contributed by atoms with Crippen LogP contribution in [-0.2, 0) is 14.8 Å². The Labute approximate surface area is 117 Å². The van der Waals surface area contributed by atoms with Crippen molar-refractivity contribution >= 4 is 21.6 Å². The number of anilines is 1. The van der Waals surface area contributed by atoms with Crippen LogP contribution in [-0.4, -0.2) is 14.3 Å². The Morgan fingerprint density at radius 3 is 2.20 bits per heavy atom. The summed E-state index contributed by atoms with van der Waals surface area (Å²) in [6.07, 6.45) is 0. The second-order valence-electron chi connectivity index (χ2n) is 4.30. The summed E-state index contributed by atoms with van der Waals surface area (Å²) < 4.78 is 22.4. The average Bonchev–Trinajstić information content (AvgIpc) is 2.38. The van der Waals surface area contributed by atoms with Crippen LogP contribution in [0.4, 0.5) is 5.69 Å². The van der Waals surface area contributed by atoms with E-state index in [2.05, 4.69) is 5.32 Å². The monoisotopic (exact) mass is 290 g/mol. The molecule has 104 valence electrons. The zero-order chi connectivity index (χ0) is 14.8. The smallest absolute Gasteiger partial charge is 0.238 e. The number of carbonyl (C=O) groups excluding carboxylic acids is 1. The standard InChI is InChI=1S/C14H14N2O3S/c1-10(17)16-14-5-3-2-4-13(14)11-6-8-12(9-7-11)20(15,18)19/h2-9H,1H3,(H,16,17)(H2,15,18,19). The fourth-order valence-corrected chi connectivity index (χ4v) is 2.37. The van der Waals surface area contributed by atoms with Crippen LogP contribution in [0.3, 0.4) is 0 Å². The summed E-state index contributed by atoms with van der Waals surface area (Å²) in [5.74, 6) is -0.168. The third-order valence-electron chi connectivity index (χ3n) is 2.73. The average molecular weight is 290 g/mol. The van der Waals surface area contributed by atoms with Crippen LogP contribution in [0.25, 0.3) is 11.1 Å². The zero-order valence-corrected chi connectivity index (χ0v) is 11.6. The predicted molar refractivity (Wildman–Crippen MR) is 77.6 cm³/mol. The van der Waals surface area contributed by atoms with E-state index in [0.29, 0.717) is 5.69 Å². The number of nitrogens with two attached hydrogens (primary N) is 1. The van der Waals surface area contributed by atoms with Crippen molar-refractivity contribution in [1.29, 1.82) is 0 Å². The molecule has 0 saturated carbocycles. The minimum Gasteiger partial charge on any atom is -0.326 e. The van der Waals surface area contributed by atoms with Crippen LogP contribution < -0.4 is 10.5 Å². The molecule has 1 amide bonds. The molecule has 2 rings (SSSR count). The van der Waals surface area contributed by atoms with E-state index in [9.17, 15) is 13.2 Å². The molecule has 0 fully saturated rings. The van der Waals surface area contributed by atoms with Crippen molar-refractivity contribution in [2.45, 2.75) is 11.8 Å². The summed E-state index contributed by atoms with van der Waals surface area (Å²) in [7, 11) is -3.70. The second kappa shape index (κ2) is 5.44. The highest BCUT2D eigenvalue weighted by molar-refractivity contribution is 7.89. The molecule has 0 bridgehead atoms. The van der Waals surface area contributed by atoms with Gasteiger partial charge in [0.15, 0.2) is 0 Å². The van der Waals surface area contributed by atoms with E-state index in [4.69, 9.17) is 5.14 Å². The number of para-hydroxylation sites is 1. The maximum atomic E-state index is 11.2. The van der Waals surface area contributed by atoms with Crippen molar-refractivity contribution in [3.63, 3.8) is 0 Å². The summed E-state index contributed by atoms with van der Waals surface area (Å²) in [5, 5.41) is 7.79. The zero-order valence-electron chi connectivity index (χ0n) is 10.8. The predicted octanol–water partition coefficient (Wildman–Crippen LogP) is 1.96. The Morgan fingerprint density at radius 2 is 1.65 bits per heavy atom. The van der Waals surface area contributed by atoms with Gasteiger partial charge < -0.3 is 5.32 Å². The number of hydrogen-bond acceptors (Lipinski definition) is 3. The first-order valence-corrected chi connectivity index (χ1v) is 7.42. The lowest BCUT2D eigenvalue weighted by atomic mass is 10.0. The van der Waals surface area contributed by atoms with Crippen molar-refractivity contribution in [2.24, 2.45) is 5.14 Å². The Balaban J connectivity index is 2.44. The highest BCUT2D eigenvalue weighted by atomic mass is 32.2. The quantitative estimate of drug-likeness (QED) is 0.905. The van der Waals surface area contributed by atoms with Crippen LogP contribution in [0, 0.1) is 0 Å². The summed E-state index contributed by atoms with van der Waals surface area (Å²) >= 11 is 0. The van der Waals surface area contributed by atoms with Gasteiger partial charge in [0.05, 0.1) is 4.90 Å². The third kappa shape index (κ3) is 3.23. The van der Waals surface area contributed by atoms with Gasteiger partial charge in [0.25, 0.3) is 0 Å². The van der Waals surface area contributed by atoms with Crippen molar-refractivity contribution in [3.8, 4) is 11.1 Å². The summed E-state index contributed by atoms with van der Waals surface area (Å²) in [6, 6.07) is 13.5. The highest BCUT2D eigenvalue weighted by Gasteiger charge is 2.09. The molecule has 0 unspecified atom stereocenters. The third-order valence-corrected chi connectivity index (χ3v) is 3.66. The van der Waals surface area contributed by atoms with Gasteiger partial charge in [-0.2, -0.15) is 0 Å². The van der Waals surface area contributed by atoms with Gasteiger partial charge in [-0.1, -0.05) is 30.3 Å². The minimum absolute atomic E-state index is 0.0539. The second-order valence-corrected chi connectivity index (χ2v) is 5.86. The van der Waals surface area contributed by atoms with E-state index in [1.807, 2.05) is 18.2 Å². The lowest BCUT2D eigenvalue weighted by Crippen LogP contribution is -2.11. The van der Waals surface area contributed by atoms with Gasteiger partial charge in [-0.15, -0.1) is 0 Å². The fraction of sp³-hybridized carbons (Fsp3) is 0.0714. The first-order valence-electron chi connectivity index (χ1n) is 5.88. The van der Waals surface area contributed by atoms with Gasteiger partial charge in [-0.25, -0.2) is 13.6 Å². The first-order chi connectivity index (χ1) is 9.38. The van der Waals surface area contributed by atoms with Crippen LogP contribution in [0.2, 0.25) is 0 Å². The Bertz CT molecular complexity index is 737. The molecule has 0 aliphatic heterocycles. The van der Waals surface area contributed by atoms with Gasteiger partial charge >= 0.3 is 0 Å². The molecule has 0 aliphatic rings. The normalized spacial score (nSPS) is 11.1. The molecule has 5 nitrogen and oxygen atoms in total. The Hall–Kier alpha value is -2.18. The van der Waals surface area contributed by atoms with E-state index in [0.717, 1.165) is 11.1 Å². The highest BCUT2D eigenvalue weighted by Crippen LogP contribution is 2.28. The number of carbonyl (C=O) groups is 1. The van der Waals surface area contributed by atoms with Gasteiger partial charge in [0.1, 0.15) is 0 Å². The molecular weight excluding hydrogens is 276 g/mol. The first kappa shape index (κ1) is 14.2. The molecule has 0 radical (unpaired) electrons. The van der Waals surface area contributed by atoms with E-state index < -0.39 is 10.0 Å². The maximum absolute atomic E-state index is 11.2. The molecule has 0 aliphatic carbocycles. The molecule has 0 aromatic heterocycles. The van der Waals surface area contributed by atoms with Crippen LogP contribution in [0.1, 0.15) is 6.92 Å². The fourth-order valence-electron chi connectivity index (χ4n) is 1.86. The molecule has 2 aromatic carbocycles. The molecule has 3 N–H and O–H groups in total. The van der Waals surface area contributed by atoms with Crippen LogP contribution in [0.5, 0.6) is 0 Å². The number of amides is 1. The van der Waals surface area contributed by atoms with Crippen LogP contribution >= 0.6 is 0 Å². The molecule has 0 heterocycles. The van der Waals surface area contributed by atoms with E-state index in [1.54, 1.807) is 18.2 Å². The van der Waals surface area contributed by atoms with E-state index >= 15 is 0 Å². The molecule has 2 aromatic rings. The van der Waals surface area contributed by atoms with Crippen molar-refractivity contribution in [2.75, 3.05) is 5.32 Å². The van der Waals surface area contributed by atoms with Crippen molar-refractivity contribution in [1.82, 2.24) is 0 Å². The molecule has 0 atom stereocenters. The number of primary sulfonamides is 1. The topological polar surface area (TPSA) is 89.3 Å². The number of rotatable bonds is 3. The molecule has 20 heavy (non-hydrogen) atoms. The van der Waals surface area contributed by atoms with Gasteiger partial charge in [-0.3, -0.25) is 4.79 Å². The summed E-state index contributed by atoms with van der Waals surface area (Å²) in [5.41, 5.74) is 2.27. The van der Waals surface area contributed by atoms with E-state index in [1.165, 1.54) is 19.1 Å².